The van der Waals surface area contributed by atoms with E-state index in [4.69, 9.17) is 5.84 Å². The lowest BCUT2D eigenvalue weighted by Gasteiger charge is -2.13. The van der Waals surface area contributed by atoms with Crippen molar-refractivity contribution < 1.29 is 4.79 Å². The molecule has 1 unspecified atom stereocenters. The maximum absolute atomic E-state index is 11.7. The Labute approximate surface area is 103 Å². The molecule has 88 valence electrons. The predicted molar refractivity (Wildman–Crippen MR) is 66.0 cm³/mol. The van der Waals surface area contributed by atoms with Gasteiger partial charge in [0, 0.05) is 12.4 Å². The lowest BCUT2D eigenvalue weighted by Crippen LogP contribution is -2.33. The Balaban J connectivity index is 2.23. The maximum Gasteiger partial charge on any atom is 0.251 e. The number of H-pyrrole nitrogens is 1. The van der Waals surface area contributed by atoms with Crippen LogP contribution in [0.1, 0.15) is 10.8 Å². The molecule has 0 aliphatic heterocycles. The number of aromatic nitrogens is 2. The molecule has 0 saturated carbocycles. The van der Waals surface area contributed by atoms with Gasteiger partial charge in [-0.1, -0.05) is 42.1 Å². The van der Waals surface area contributed by atoms with Crippen molar-refractivity contribution in [1.82, 2.24) is 15.4 Å². The summed E-state index contributed by atoms with van der Waals surface area (Å²) in [6.45, 7) is 0. The number of imidazole rings is 1. The van der Waals surface area contributed by atoms with Crippen LogP contribution in [0, 0.1) is 0 Å². The highest BCUT2D eigenvalue weighted by Crippen LogP contribution is 2.32. The third kappa shape index (κ3) is 2.86. The van der Waals surface area contributed by atoms with Gasteiger partial charge in [0.25, 0.3) is 5.91 Å². The molecular formula is C11H12N4OS. The summed E-state index contributed by atoms with van der Waals surface area (Å²) in [4.78, 5) is 18.8. The standard InChI is InChI=1S/C11H12N4OS/c12-15-10(16)9(8-4-2-1-3-5-8)17-11-13-6-7-14-11/h1-7,9H,12H2,(H,13,14)(H,15,16). The van der Waals surface area contributed by atoms with Gasteiger partial charge >= 0.3 is 0 Å². The molecule has 17 heavy (non-hydrogen) atoms. The Morgan fingerprint density at radius 1 is 1.41 bits per heavy atom. The summed E-state index contributed by atoms with van der Waals surface area (Å²) in [7, 11) is 0. The first kappa shape index (κ1) is 11.7. The van der Waals surface area contributed by atoms with E-state index in [0.717, 1.165) is 5.56 Å². The summed E-state index contributed by atoms with van der Waals surface area (Å²) >= 11 is 1.32. The molecule has 1 aromatic carbocycles. The molecule has 6 heteroatoms. The van der Waals surface area contributed by atoms with E-state index in [-0.39, 0.29) is 5.91 Å². The Kier molecular flexibility index (Phi) is 3.79. The molecular weight excluding hydrogens is 236 g/mol. The van der Waals surface area contributed by atoms with Crippen molar-refractivity contribution in [2.24, 2.45) is 5.84 Å². The minimum Gasteiger partial charge on any atom is -0.340 e. The second-order valence-electron chi connectivity index (χ2n) is 3.31. The molecule has 0 radical (unpaired) electrons. The number of carbonyl (C=O) groups excluding carboxylic acids is 1. The number of hydrogen-bond acceptors (Lipinski definition) is 4. The second-order valence-corrected chi connectivity index (χ2v) is 4.41. The van der Waals surface area contributed by atoms with Gasteiger partial charge in [-0.2, -0.15) is 0 Å². The number of nitrogens with two attached hydrogens (primary N) is 1. The van der Waals surface area contributed by atoms with Gasteiger partial charge in [-0.15, -0.1) is 0 Å². The molecule has 2 rings (SSSR count). The number of benzene rings is 1. The molecule has 5 nitrogen and oxygen atoms in total. The van der Waals surface area contributed by atoms with Crippen LogP contribution >= 0.6 is 11.8 Å². The van der Waals surface area contributed by atoms with Gasteiger partial charge in [-0.3, -0.25) is 10.2 Å². The van der Waals surface area contributed by atoms with Gasteiger partial charge in [-0.25, -0.2) is 10.8 Å². The van der Waals surface area contributed by atoms with E-state index in [1.54, 1.807) is 12.4 Å². The highest BCUT2D eigenvalue weighted by molar-refractivity contribution is 8.00. The highest BCUT2D eigenvalue weighted by Gasteiger charge is 2.21. The van der Waals surface area contributed by atoms with Gasteiger partial charge in [0.05, 0.1) is 0 Å². The van der Waals surface area contributed by atoms with E-state index < -0.39 is 5.25 Å². The van der Waals surface area contributed by atoms with E-state index in [0.29, 0.717) is 5.16 Å². The molecule has 0 saturated heterocycles. The van der Waals surface area contributed by atoms with Gasteiger partial charge < -0.3 is 4.98 Å². The minimum absolute atomic E-state index is 0.252. The number of nitrogens with one attached hydrogen (secondary N) is 2. The van der Waals surface area contributed by atoms with Crippen molar-refractivity contribution in [3.05, 3.63) is 48.3 Å². The van der Waals surface area contributed by atoms with Gasteiger partial charge in [0.1, 0.15) is 5.25 Å². The molecule has 2 aromatic rings. The summed E-state index contributed by atoms with van der Waals surface area (Å²) < 4.78 is 0. The van der Waals surface area contributed by atoms with E-state index in [2.05, 4.69) is 15.4 Å². The van der Waals surface area contributed by atoms with E-state index >= 15 is 0 Å². The lowest BCUT2D eigenvalue weighted by molar-refractivity contribution is -0.120. The molecule has 0 aliphatic rings. The second kappa shape index (κ2) is 5.51. The molecule has 0 spiro atoms. The Bertz CT molecular complexity index is 471. The van der Waals surface area contributed by atoms with Crippen LogP contribution in [-0.4, -0.2) is 15.9 Å². The van der Waals surface area contributed by atoms with E-state index in [1.807, 2.05) is 30.3 Å². The predicted octanol–water partition coefficient (Wildman–Crippen LogP) is 1.23. The van der Waals surface area contributed by atoms with Crippen molar-refractivity contribution >= 4 is 17.7 Å². The number of carbonyl (C=O) groups is 1. The zero-order valence-electron chi connectivity index (χ0n) is 8.96. The van der Waals surface area contributed by atoms with Crippen LogP contribution in [-0.2, 0) is 4.79 Å². The van der Waals surface area contributed by atoms with Crippen LogP contribution in [0.5, 0.6) is 0 Å². The third-order valence-electron chi connectivity index (χ3n) is 2.19. The molecule has 1 amide bonds. The number of hydrazine groups is 1. The van der Waals surface area contributed by atoms with Crippen LogP contribution in [0.3, 0.4) is 0 Å². The number of thioether (sulfide) groups is 1. The average Bonchev–Trinajstić information content (AvgIpc) is 2.89. The Morgan fingerprint density at radius 2 is 2.18 bits per heavy atom. The molecule has 0 aliphatic carbocycles. The topological polar surface area (TPSA) is 83.8 Å². The first-order valence-corrected chi connectivity index (χ1v) is 5.90. The first-order valence-electron chi connectivity index (χ1n) is 5.02. The number of aromatic amines is 1. The maximum atomic E-state index is 11.7. The van der Waals surface area contributed by atoms with Crippen molar-refractivity contribution in [3.8, 4) is 0 Å². The fourth-order valence-corrected chi connectivity index (χ4v) is 2.35. The normalized spacial score (nSPS) is 12.1. The van der Waals surface area contributed by atoms with E-state index in [1.165, 1.54) is 11.8 Å². The van der Waals surface area contributed by atoms with Crippen molar-refractivity contribution in [2.75, 3.05) is 0 Å². The molecule has 1 atom stereocenters. The summed E-state index contributed by atoms with van der Waals surface area (Å²) in [5, 5.41) is 0.273. The zero-order valence-corrected chi connectivity index (χ0v) is 9.78. The number of nitrogens with zero attached hydrogens (tertiary/aromatic N) is 1. The molecule has 0 fully saturated rings. The summed E-state index contributed by atoms with van der Waals surface area (Å²) in [6.07, 6.45) is 3.36. The van der Waals surface area contributed by atoms with Crippen LogP contribution < -0.4 is 11.3 Å². The zero-order chi connectivity index (χ0) is 12.1. The van der Waals surface area contributed by atoms with Crippen LogP contribution in [0.25, 0.3) is 0 Å². The van der Waals surface area contributed by atoms with E-state index in [9.17, 15) is 4.79 Å². The van der Waals surface area contributed by atoms with Crippen molar-refractivity contribution in [1.29, 1.82) is 0 Å². The number of rotatable bonds is 4. The number of hydrogen-bond donors (Lipinski definition) is 3. The fraction of sp³-hybridized carbons (Fsp3) is 0.0909. The van der Waals surface area contributed by atoms with Crippen molar-refractivity contribution in [3.63, 3.8) is 0 Å². The monoisotopic (exact) mass is 248 g/mol. The SMILES string of the molecule is NNC(=O)C(Sc1ncc[nH]1)c1ccccc1. The third-order valence-corrected chi connectivity index (χ3v) is 3.35. The van der Waals surface area contributed by atoms with Crippen LogP contribution in [0.15, 0.2) is 47.9 Å². The lowest BCUT2D eigenvalue weighted by atomic mass is 10.1. The average molecular weight is 248 g/mol. The quantitative estimate of drug-likeness (QED) is 0.329. The van der Waals surface area contributed by atoms with Gasteiger partial charge in [0.15, 0.2) is 5.16 Å². The first-order chi connectivity index (χ1) is 8.31. The van der Waals surface area contributed by atoms with Crippen molar-refractivity contribution in [2.45, 2.75) is 10.4 Å². The molecule has 1 aromatic heterocycles. The highest BCUT2D eigenvalue weighted by atomic mass is 32.2. The summed E-state index contributed by atoms with van der Waals surface area (Å²) in [5.74, 6) is 4.94. The van der Waals surface area contributed by atoms with Crippen LogP contribution in [0.2, 0.25) is 0 Å². The van der Waals surface area contributed by atoms with Gasteiger partial charge in [-0.05, 0) is 5.56 Å². The fourth-order valence-electron chi connectivity index (χ4n) is 1.40. The molecule has 4 N–H and O–H groups in total. The Hall–Kier alpha value is -1.79. The molecule has 1 heterocycles. The Morgan fingerprint density at radius 3 is 2.76 bits per heavy atom. The largest absolute Gasteiger partial charge is 0.340 e. The molecule has 0 bridgehead atoms. The number of amides is 1. The minimum atomic E-state index is -0.410. The van der Waals surface area contributed by atoms with Crippen LogP contribution in [0.4, 0.5) is 0 Å². The van der Waals surface area contributed by atoms with Gasteiger partial charge in [0.2, 0.25) is 0 Å². The summed E-state index contributed by atoms with van der Waals surface area (Å²) in [6, 6.07) is 9.44. The smallest absolute Gasteiger partial charge is 0.251 e. The summed E-state index contributed by atoms with van der Waals surface area (Å²) in [5.41, 5.74) is 3.06.